The molecule has 6 nitrogen and oxygen atoms in total. The van der Waals surface area contributed by atoms with Crippen LogP contribution in [0, 0.1) is 6.92 Å². The van der Waals surface area contributed by atoms with Crippen LogP contribution in [-0.4, -0.2) is 32.1 Å². The number of hydrogen-bond acceptors (Lipinski definition) is 4. The standard InChI is InChI=1S/C13H19NO5S/c1-4-11(13(15)16)14-20(17,18)10-6-7-12(19-5-2)9(3)8-10/h6-8,11,14H,4-5H2,1-3H3,(H,15,16)/t11-/m1/s1. The summed E-state index contributed by atoms with van der Waals surface area (Å²) >= 11 is 0. The lowest BCUT2D eigenvalue weighted by Gasteiger charge is -2.14. The molecule has 1 aromatic rings. The van der Waals surface area contributed by atoms with Crippen LogP contribution >= 0.6 is 0 Å². The van der Waals surface area contributed by atoms with Crippen LogP contribution in [0.1, 0.15) is 25.8 Å². The molecule has 20 heavy (non-hydrogen) atoms. The van der Waals surface area contributed by atoms with Gasteiger partial charge >= 0.3 is 5.97 Å². The largest absolute Gasteiger partial charge is 0.494 e. The molecule has 1 aromatic carbocycles. The van der Waals surface area contributed by atoms with Gasteiger partial charge in [-0.15, -0.1) is 0 Å². The summed E-state index contributed by atoms with van der Waals surface area (Å²) in [6.07, 6.45) is 0.171. The molecule has 0 saturated heterocycles. The Hall–Kier alpha value is -1.60. The van der Waals surface area contributed by atoms with Crippen molar-refractivity contribution < 1.29 is 23.1 Å². The van der Waals surface area contributed by atoms with Crippen molar-refractivity contribution in [2.75, 3.05) is 6.61 Å². The summed E-state index contributed by atoms with van der Waals surface area (Å²) in [5, 5.41) is 8.91. The summed E-state index contributed by atoms with van der Waals surface area (Å²) in [7, 11) is -3.86. The lowest BCUT2D eigenvalue weighted by molar-refractivity contribution is -0.139. The van der Waals surface area contributed by atoms with Crippen molar-refractivity contribution in [2.24, 2.45) is 0 Å². The smallest absolute Gasteiger partial charge is 0.321 e. The summed E-state index contributed by atoms with van der Waals surface area (Å²) in [4.78, 5) is 10.9. The van der Waals surface area contributed by atoms with Gasteiger partial charge in [0, 0.05) is 0 Å². The van der Waals surface area contributed by atoms with Gasteiger partial charge in [0.1, 0.15) is 11.8 Å². The van der Waals surface area contributed by atoms with E-state index in [1.54, 1.807) is 19.9 Å². The van der Waals surface area contributed by atoms with Gasteiger partial charge in [0.15, 0.2) is 0 Å². The van der Waals surface area contributed by atoms with Crippen LogP contribution in [0.2, 0.25) is 0 Å². The lowest BCUT2D eigenvalue weighted by atomic mass is 10.2. The summed E-state index contributed by atoms with van der Waals surface area (Å²) in [5.74, 6) is -0.588. The Kier molecular flexibility index (Phi) is 5.52. The van der Waals surface area contributed by atoms with Gasteiger partial charge in [-0.1, -0.05) is 6.92 Å². The van der Waals surface area contributed by atoms with Crippen molar-refractivity contribution in [1.29, 1.82) is 0 Å². The highest BCUT2D eigenvalue weighted by atomic mass is 32.2. The highest BCUT2D eigenvalue weighted by Gasteiger charge is 2.24. The number of carboxylic acids is 1. The second-order valence-corrected chi connectivity index (χ2v) is 5.99. The number of aliphatic carboxylic acids is 1. The molecule has 0 aliphatic heterocycles. The molecule has 7 heteroatoms. The van der Waals surface area contributed by atoms with E-state index in [1.165, 1.54) is 12.1 Å². The fourth-order valence-electron chi connectivity index (χ4n) is 1.67. The van der Waals surface area contributed by atoms with Gasteiger partial charge in [-0.05, 0) is 44.0 Å². The topological polar surface area (TPSA) is 92.7 Å². The second-order valence-electron chi connectivity index (χ2n) is 4.28. The number of rotatable bonds is 7. The molecule has 0 spiro atoms. The SMILES string of the molecule is CCOc1ccc(S(=O)(=O)N[C@H](CC)C(=O)O)cc1C. The number of nitrogens with one attached hydrogen (secondary N) is 1. The number of hydrogen-bond donors (Lipinski definition) is 2. The van der Waals surface area contributed by atoms with E-state index in [9.17, 15) is 13.2 Å². The number of aryl methyl sites for hydroxylation is 1. The van der Waals surface area contributed by atoms with E-state index in [2.05, 4.69) is 4.72 Å². The minimum atomic E-state index is -3.86. The molecule has 0 radical (unpaired) electrons. The maximum Gasteiger partial charge on any atom is 0.321 e. The van der Waals surface area contributed by atoms with Crippen molar-refractivity contribution in [3.63, 3.8) is 0 Å². The van der Waals surface area contributed by atoms with Crippen molar-refractivity contribution in [2.45, 2.75) is 38.1 Å². The fraction of sp³-hybridized carbons (Fsp3) is 0.462. The van der Waals surface area contributed by atoms with E-state index < -0.39 is 22.0 Å². The number of sulfonamides is 1. The van der Waals surface area contributed by atoms with Gasteiger partial charge in [0.2, 0.25) is 10.0 Å². The molecule has 0 aromatic heterocycles. The first-order valence-corrected chi connectivity index (χ1v) is 7.78. The Labute approximate surface area is 118 Å². The van der Waals surface area contributed by atoms with E-state index in [4.69, 9.17) is 9.84 Å². The first kappa shape index (κ1) is 16.5. The van der Waals surface area contributed by atoms with E-state index in [1.807, 2.05) is 6.92 Å². The molecular formula is C13H19NO5S. The van der Waals surface area contributed by atoms with E-state index in [-0.39, 0.29) is 11.3 Å². The minimum absolute atomic E-state index is 0.0261. The summed E-state index contributed by atoms with van der Waals surface area (Å²) in [6.45, 7) is 5.66. The van der Waals surface area contributed by atoms with Crippen molar-refractivity contribution in [1.82, 2.24) is 4.72 Å². The third-order valence-electron chi connectivity index (χ3n) is 2.76. The molecule has 112 valence electrons. The van der Waals surface area contributed by atoms with Gasteiger partial charge in [0.25, 0.3) is 0 Å². The van der Waals surface area contributed by atoms with Crippen molar-refractivity contribution in [3.05, 3.63) is 23.8 Å². The van der Waals surface area contributed by atoms with Crippen LogP contribution in [-0.2, 0) is 14.8 Å². The summed E-state index contributed by atoms with van der Waals surface area (Å²) < 4.78 is 31.7. The normalized spacial score (nSPS) is 12.9. The zero-order chi connectivity index (χ0) is 15.3. The number of carbonyl (C=O) groups is 1. The third-order valence-corrected chi connectivity index (χ3v) is 4.23. The zero-order valence-corrected chi connectivity index (χ0v) is 12.5. The maximum atomic E-state index is 12.1. The molecule has 0 amide bonds. The first-order valence-electron chi connectivity index (χ1n) is 6.30. The van der Waals surface area contributed by atoms with Gasteiger partial charge in [-0.3, -0.25) is 4.79 Å². The quantitative estimate of drug-likeness (QED) is 0.797. The predicted octanol–water partition coefficient (Wildman–Crippen LogP) is 1.54. The van der Waals surface area contributed by atoms with E-state index in [0.717, 1.165) is 0 Å². The molecule has 0 saturated carbocycles. The van der Waals surface area contributed by atoms with Gasteiger partial charge in [0.05, 0.1) is 11.5 Å². The van der Waals surface area contributed by atoms with Crippen LogP contribution in [0.15, 0.2) is 23.1 Å². The molecule has 0 bridgehead atoms. The lowest BCUT2D eigenvalue weighted by Crippen LogP contribution is -2.40. The Morgan fingerprint density at radius 1 is 1.40 bits per heavy atom. The molecule has 2 N–H and O–H groups in total. The monoisotopic (exact) mass is 301 g/mol. The molecular weight excluding hydrogens is 282 g/mol. The molecule has 0 aliphatic carbocycles. The minimum Gasteiger partial charge on any atom is -0.494 e. The molecule has 0 heterocycles. The van der Waals surface area contributed by atoms with Crippen molar-refractivity contribution >= 4 is 16.0 Å². The Bertz CT molecular complexity index is 582. The van der Waals surface area contributed by atoms with E-state index in [0.29, 0.717) is 17.9 Å². The maximum absolute atomic E-state index is 12.1. The predicted molar refractivity (Wildman–Crippen MR) is 74.4 cm³/mol. The second kappa shape index (κ2) is 6.71. The number of ether oxygens (including phenoxy) is 1. The number of carboxylic acid groups (broad SMARTS) is 1. The van der Waals surface area contributed by atoms with Crippen LogP contribution < -0.4 is 9.46 Å². The summed E-state index contributed by atoms with van der Waals surface area (Å²) in [5.41, 5.74) is 0.679. The highest BCUT2D eigenvalue weighted by molar-refractivity contribution is 7.89. The highest BCUT2D eigenvalue weighted by Crippen LogP contribution is 2.22. The van der Waals surface area contributed by atoms with Crippen LogP contribution in [0.5, 0.6) is 5.75 Å². The third kappa shape index (κ3) is 3.94. The molecule has 1 rings (SSSR count). The van der Waals surface area contributed by atoms with Gasteiger partial charge in [-0.2, -0.15) is 4.72 Å². The Morgan fingerprint density at radius 2 is 2.05 bits per heavy atom. The van der Waals surface area contributed by atoms with Gasteiger partial charge in [-0.25, -0.2) is 8.42 Å². The van der Waals surface area contributed by atoms with Gasteiger partial charge < -0.3 is 9.84 Å². The van der Waals surface area contributed by atoms with Crippen LogP contribution in [0.3, 0.4) is 0 Å². The Morgan fingerprint density at radius 3 is 2.50 bits per heavy atom. The Balaban J connectivity index is 3.04. The van der Waals surface area contributed by atoms with Crippen LogP contribution in [0.25, 0.3) is 0 Å². The first-order chi connectivity index (χ1) is 9.31. The fourth-order valence-corrected chi connectivity index (χ4v) is 3.03. The average Bonchev–Trinajstić information content (AvgIpc) is 2.38. The number of benzene rings is 1. The summed E-state index contributed by atoms with van der Waals surface area (Å²) in [6, 6.07) is 3.29. The molecule has 0 unspecified atom stereocenters. The van der Waals surface area contributed by atoms with Crippen molar-refractivity contribution in [3.8, 4) is 5.75 Å². The average molecular weight is 301 g/mol. The zero-order valence-electron chi connectivity index (χ0n) is 11.7. The molecule has 0 aliphatic rings. The van der Waals surface area contributed by atoms with E-state index >= 15 is 0 Å². The van der Waals surface area contributed by atoms with Crippen LogP contribution in [0.4, 0.5) is 0 Å². The molecule has 0 fully saturated rings. The molecule has 1 atom stereocenters.